The van der Waals surface area contributed by atoms with Crippen molar-refractivity contribution in [2.24, 2.45) is 0 Å². The molecule has 2 aliphatic rings. The molecule has 5 nitrogen and oxygen atoms in total. The zero-order valence-electron chi connectivity index (χ0n) is 23.3. The van der Waals surface area contributed by atoms with Crippen molar-refractivity contribution in [1.82, 2.24) is 9.88 Å². The SMILES string of the molecule is CCOc1ncc(C2=C(c3ccc(O[C@H]4CCN(CCCF)C4)cc3)c3ccc(N)cc3CCC2)cc1C(F)(F)P. The Kier molecular flexibility index (Phi) is 9.20. The van der Waals surface area contributed by atoms with Crippen LogP contribution in [0.2, 0.25) is 0 Å². The predicted octanol–water partition coefficient (Wildman–Crippen LogP) is 7.10. The van der Waals surface area contributed by atoms with E-state index in [9.17, 15) is 13.2 Å². The molecule has 0 saturated carbocycles. The number of nitrogens with two attached hydrogens (primary N) is 1. The van der Waals surface area contributed by atoms with Gasteiger partial charge in [0, 0.05) is 31.5 Å². The van der Waals surface area contributed by atoms with Crippen LogP contribution in [-0.4, -0.2) is 48.9 Å². The second-order valence-electron chi connectivity index (χ2n) is 10.7. The molecule has 1 fully saturated rings. The Bertz CT molecular complexity index is 1390. The Balaban J connectivity index is 1.53. The van der Waals surface area contributed by atoms with Gasteiger partial charge in [0.25, 0.3) is 5.66 Å². The van der Waals surface area contributed by atoms with Gasteiger partial charge in [0.1, 0.15) is 11.9 Å². The summed E-state index contributed by atoms with van der Waals surface area (Å²) in [5.41, 5.74) is 9.10. The number of likely N-dealkylation sites (tertiary alicyclic amines) is 1. The summed E-state index contributed by atoms with van der Waals surface area (Å²) in [5, 5.41) is 0. The molecule has 2 N–H and O–H groups in total. The summed E-state index contributed by atoms with van der Waals surface area (Å²) in [6, 6.07) is 15.4. The highest BCUT2D eigenvalue weighted by molar-refractivity contribution is 7.17. The summed E-state index contributed by atoms with van der Waals surface area (Å²) in [6.07, 6.45) is 5.52. The van der Waals surface area contributed by atoms with E-state index < -0.39 is 5.66 Å². The number of aryl methyl sites for hydroxylation is 1. The van der Waals surface area contributed by atoms with E-state index in [2.05, 4.69) is 9.88 Å². The van der Waals surface area contributed by atoms with Crippen LogP contribution in [0, 0.1) is 0 Å². The van der Waals surface area contributed by atoms with E-state index in [0.29, 0.717) is 24.1 Å². The first-order valence-corrected chi connectivity index (χ1v) is 14.8. The zero-order chi connectivity index (χ0) is 29.0. The molecule has 0 amide bonds. The van der Waals surface area contributed by atoms with Crippen molar-refractivity contribution in [2.75, 3.05) is 38.6 Å². The summed E-state index contributed by atoms with van der Waals surface area (Å²) in [7, 11) is 1.61. The van der Waals surface area contributed by atoms with Gasteiger partial charge in [-0.15, -0.1) is 0 Å². The van der Waals surface area contributed by atoms with E-state index in [0.717, 1.165) is 72.5 Å². The number of allylic oxidation sites excluding steroid dienone is 1. The van der Waals surface area contributed by atoms with Gasteiger partial charge in [0.05, 0.1) is 18.8 Å². The number of nitrogen functional groups attached to an aromatic ring is 1. The molecule has 0 spiro atoms. The molecule has 2 aromatic carbocycles. The van der Waals surface area contributed by atoms with Crippen LogP contribution in [0.25, 0.3) is 11.1 Å². The van der Waals surface area contributed by atoms with Crippen molar-refractivity contribution < 1.29 is 22.6 Å². The number of aromatic nitrogens is 1. The number of nitrogens with zero attached hydrogens (tertiary/aromatic N) is 2. The largest absolute Gasteiger partial charge is 0.489 e. The Morgan fingerprint density at radius 3 is 2.63 bits per heavy atom. The van der Waals surface area contributed by atoms with Crippen LogP contribution in [0.4, 0.5) is 18.9 Å². The summed E-state index contributed by atoms with van der Waals surface area (Å²) in [6.45, 7) is 4.14. The number of ether oxygens (including phenoxy) is 2. The van der Waals surface area contributed by atoms with Gasteiger partial charge in [-0.05, 0) is 103 Å². The lowest BCUT2D eigenvalue weighted by atomic mass is 9.88. The number of fused-ring (bicyclic) bond motifs is 1. The molecule has 2 atom stereocenters. The van der Waals surface area contributed by atoms with Gasteiger partial charge < -0.3 is 15.2 Å². The van der Waals surface area contributed by atoms with Crippen LogP contribution in [0.3, 0.4) is 0 Å². The molecular weight excluding hydrogens is 546 g/mol. The van der Waals surface area contributed by atoms with E-state index in [-0.39, 0.29) is 30.8 Å². The number of hydrogen-bond acceptors (Lipinski definition) is 5. The van der Waals surface area contributed by atoms with E-state index in [1.165, 1.54) is 6.07 Å². The number of pyridine rings is 1. The average molecular weight is 584 g/mol. The van der Waals surface area contributed by atoms with Crippen molar-refractivity contribution in [3.05, 3.63) is 82.5 Å². The van der Waals surface area contributed by atoms with Crippen LogP contribution >= 0.6 is 9.24 Å². The van der Waals surface area contributed by atoms with Gasteiger partial charge in [-0.3, -0.25) is 9.29 Å². The van der Waals surface area contributed by atoms with Crippen LogP contribution < -0.4 is 15.2 Å². The molecule has 1 saturated heterocycles. The summed E-state index contributed by atoms with van der Waals surface area (Å²) in [4.78, 5) is 6.56. The third-order valence-corrected chi connectivity index (χ3v) is 8.01. The van der Waals surface area contributed by atoms with E-state index >= 15 is 0 Å². The lowest BCUT2D eigenvalue weighted by Gasteiger charge is -2.20. The quantitative estimate of drug-likeness (QED) is 0.204. The highest BCUT2D eigenvalue weighted by Gasteiger charge is 2.31. The van der Waals surface area contributed by atoms with Crippen molar-refractivity contribution in [1.29, 1.82) is 0 Å². The van der Waals surface area contributed by atoms with Gasteiger partial charge >= 0.3 is 0 Å². The molecule has 0 bridgehead atoms. The molecule has 218 valence electrons. The first-order valence-electron chi connectivity index (χ1n) is 14.2. The van der Waals surface area contributed by atoms with E-state index in [1.54, 1.807) is 22.4 Å². The molecule has 1 unspecified atom stereocenters. The van der Waals surface area contributed by atoms with Gasteiger partial charge in [-0.2, -0.15) is 8.78 Å². The maximum absolute atomic E-state index is 14.6. The normalized spacial score (nSPS) is 17.8. The minimum Gasteiger partial charge on any atom is -0.489 e. The monoisotopic (exact) mass is 583 g/mol. The summed E-state index contributed by atoms with van der Waals surface area (Å²) < 4.78 is 53.6. The van der Waals surface area contributed by atoms with Gasteiger partial charge in [0.15, 0.2) is 0 Å². The zero-order valence-corrected chi connectivity index (χ0v) is 24.5. The number of halogens is 3. The predicted molar refractivity (Wildman–Crippen MR) is 161 cm³/mol. The molecule has 0 radical (unpaired) electrons. The fourth-order valence-electron chi connectivity index (χ4n) is 5.81. The third-order valence-electron chi connectivity index (χ3n) is 7.70. The van der Waals surface area contributed by atoms with Crippen molar-refractivity contribution in [3.63, 3.8) is 0 Å². The molecule has 2 heterocycles. The third kappa shape index (κ3) is 6.87. The molecular formula is C32H37F3N3O2P. The maximum Gasteiger partial charge on any atom is 0.289 e. The Morgan fingerprint density at radius 2 is 1.90 bits per heavy atom. The number of rotatable bonds is 10. The standard InChI is InChI=1S/C32H37F3N3O2P/c1-2-39-31-29(32(34,35)41)18-23(19-37-31)27-6-3-5-22-17-24(36)9-12-28(22)30(27)21-7-10-25(11-8-21)40-26-13-16-38(20-26)15-4-14-33/h7-12,17-19,26H,2-6,13-16,20,36,41H2,1H3/t26-/m0/s1. The number of hydrogen-bond donors (Lipinski definition) is 1. The van der Waals surface area contributed by atoms with Crippen LogP contribution in [0.1, 0.15) is 60.4 Å². The van der Waals surface area contributed by atoms with E-state index in [1.807, 2.05) is 42.5 Å². The minimum atomic E-state index is -3.19. The highest BCUT2D eigenvalue weighted by Crippen LogP contribution is 2.44. The first-order chi connectivity index (χ1) is 19.8. The molecule has 3 aromatic rings. The number of anilines is 1. The molecule has 9 heteroatoms. The molecule has 5 rings (SSSR count). The second kappa shape index (κ2) is 12.8. The summed E-state index contributed by atoms with van der Waals surface area (Å²) in [5.74, 6) is 0.712. The Labute approximate surface area is 242 Å². The first kappa shape index (κ1) is 29.4. The van der Waals surface area contributed by atoms with Crippen LogP contribution in [-0.2, 0) is 12.1 Å². The van der Waals surface area contributed by atoms with Crippen molar-refractivity contribution >= 4 is 26.1 Å². The molecule has 1 aliphatic carbocycles. The fraction of sp³-hybridized carbons (Fsp3) is 0.406. The average Bonchev–Trinajstić information content (AvgIpc) is 3.31. The molecule has 41 heavy (non-hydrogen) atoms. The summed E-state index contributed by atoms with van der Waals surface area (Å²) >= 11 is 0. The van der Waals surface area contributed by atoms with Gasteiger partial charge in [-0.25, -0.2) is 4.98 Å². The number of benzene rings is 2. The number of alkyl halides is 3. The minimum absolute atomic E-state index is 0.0585. The van der Waals surface area contributed by atoms with Gasteiger partial charge in [0.2, 0.25) is 5.88 Å². The van der Waals surface area contributed by atoms with Crippen LogP contribution in [0.15, 0.2) is 54.7 Å². The maximum atomic E-state index is 14.6. The topological polar surface area (TPSA) is 60.6 Å². The van der Waals surface area contributed by atoms with Gasteiger partial charge in [-0.1, -0.05) is 27.4 Å². The van der Waals surface area contributed by atoms with E-state index in [4.69, 9.17) is 15.2 Å². The molecule has 1 aromatic heterocycles. The fourth-order valence-corrected chi connectivity index (χ4v) is 6.01. The second-order valence-corrected chi connectivity index (χ2v) is 11.4. The highest BCUT2D eigenvalue weighted by atomic mass is 31.0. The van der Waals surface area contributed by atoms with Crippen molar-refractivity contribution in [3.8, 4) is 11.6 Å². The smallest absolute Gasteiger partial charge is 0.289 e. The molecule has 1 aliphatic heterocycles. The Hall–Kier alpha value is -3.09. The van der Waals surface area contributed by atoms with Crippen LogP contribution in [0.5, 0.6) is 11.6 Å². The Morgan fingerprint density at radius 1 is 1.10 bits per heavy atom. The lowest BCUT2D eigenvalue weighted by Crippen LogP contribution is -2.26. The lowest BCUT2D eigenvalue weighted by molar-refractivity contribution is 0.0983. The van der Waals surface area contributed by atoms with Crippen molar-refractivity contribution in [2.45, 2.75) is 50.8 Å².